The molecule has 170 valence electrons. The molecule has 0 bridgehead atoms. The second-order valence-corrected chi connectivity index (χ2v) is 9.99. The molecule has 1 unspecified atom stereocenters. The highest BCUT2D eigenvalue weighted by molar-refractivity contribution is 8.01. The second-order valence-electron chi connectivity index (χ2n) is 8.15. The Bertz CT molecular complexity index is 961. The maximum atomic E-state index is 12.8. The number of amides is 2. The highest BCUT2D eigenvalue weighted by Crippen LogP contribution is 2.39. The molecule has 2 aliphatic rings. The van der Waals surface area contributed by atoms with Crippen LogP contribution in [0.4, 0.5) is 0 Å². The van der Waals surface area contributed by atoms with Gasteiger partial charge in [0.05, 0.1) is 18.0 Å². The van der Waals surface area contributed by atoms with Crippen molar-refractivity contribution in [2.24, 2.45) is 0 Å². The Morgan fingerprint density at radius 2 is 1.91 bits per heavy atom. The van der Waals surface area contributed by atoms with Crippen molar-refractivity contribution < 1.29 is 14.3 Å². The lowest BCUT2D eigenvalue weighted by molar-refractivity contribution is -0.122. The van der Waals surface area contributed by atoms with Gasteiger partial charge in [-0.1, -0.05) is 29.8 Å². The molecule has 1 spiro atoms. The molecule has 4 rings (SSSR count). The summed E-state index contributed by atoms with van der Waals surface area (Å²) in [6, 6.07) is 14.7. The van der Waals surface area contributed by atoms with Crippen molar-refractivity contribution in [2.75, 3.05) is 32.5 Å². The lowest BCUT2D eigenvalue weighted by Crippen LogP contribution is -2.54. The fraction of sp³-hybridized carbons (Fsp3) is 0.417. The van der Waals surface area contributed by atoms with Gasteiger partial charge in [0, 0.05) is 36.0 Å². The topological polar surface area (TPSA) is 70.7 Å². The molecule has 2 heterocycles. The number of nitrogens with one attached hydrogen (secondary N) is 2. The third kappa shape index (κ3) is 5.22. The lowest BCUT2D eigenvalue weighted by Gasteiger charge is -2.39. The Morgan fingerprint density at radius 3 is 2.62 bits per heavy atom. The van der Waals surface area contributed by atoms with Crippen LogP contribution in [-0.4, -0.2) is 60.1 Å². The van der Waals surface area contributed by atoms with E-state index in [-0.39, 0.29) is 22.7 Å². The van der Waals surface area contributed by atoms with E-state index in [1.165, 1.54) is 0 Å². The van der Waals surface area contributed by atoms with E-state index in [2.05, 4.69) is 10.6 Å². The van der Waals surface area contributed by atoms with Crippen molar-refractivity contribution in [3.8, 4) is 5.75 Å². The number of carbonyl (C=O) groups excluding carboxylic acids is 2. The highest BCUT2D eigenvalue weighted by atomic mass is 35.5. The van der Waals surface area contributed by atoms with Gasteiger partial charge in [-0.3, -0.25) is 14.9 Å². The zero-order chi connectivity index (χ0) is 22.6. The number of nitrogens with zero attached hydrogens (tertiary/aromatic N) is 1. The van der Waals surface area contributed by atoms with Crippen LogP contribution in [0.25, 0.3) is 0 Å². The van der Waals surface area contributed by atoms with E-state index < -0.39 is 0 Å². The summed E-state index contributed by atoms with van der Waals surface area (Å²) in [4.78, 5) is 27.2. The quantitative estimate of drug-likeness (QED) is 0.673. The average Bonchev–Trinajstić information content (AvgIpc) is 3.23. The summed E-state index contributed by atoms with van der Waals surface area (Å²) >= 11 is 7.73. The molecule has 1 atom stereocenters. The molecule has 0 radical (unpaired) electrons. The third-order valence-electron chi connectivity index (χ3n) is 6.12. The molecule has 32 heavy (non-hydrogen) atoms. The first-order valence-corrected chi connectivity index (χ1v) is 12.2. The van der Waals surface area contributed by atoms with Crippen molar-refractivity contribution in [3.05, 3.63) is 64.7 Å². The first-order valence-electron chi connectivity index (χ1n) is 10.9. The van der Waals surface area contributed by atoms with Crippen LogP contribution in [0.15, 0.2) is 48.5 Å². The molecule has 8 heteroatoms. The van der Waals surface area contributed by atoms with Crippen LogP contribution in [0, 0.1) is 0 Å². The summed E-state index contributed by atoms with van der Waals surface area (Å²) in [5.41, 5.74) is 1.74. The number of carbonyl (C=O) groups is 2. The fourth-order valence-electron chi connectivity index (χ4n) is 4.27. The van der Waals surface area contributed by atoms with Gasteiger partial charge in [-0.2, -0.15) is 0 Å². The zero-order valence-electron chi connectivity index (χ0n) is 18.1. The second kappa shape index (κ2) is 10.1. The summed E-state index contributed by atoms with van der Waals surface area (Å²) < 4.78 is 5.37. The molecule has 0 aromatic heterocycles. The predicted molar refractivity (Wildman–Crippen MR) is 128 cm³/mol. The van der Waals surface area contributed by atoms with Gasteiger partial charge < -0.3 is 15.0 Å². The van der Waals surface area contributed by atoms with Gasteiger partial charge in [0.15, 0.2) is 0 Å². The summed E-state index contributed by atoms with van der Waals surface area (Å²) in [6.45, 7) is 1.91. The summed E-state index contributed by atoms with van der Waals surface area (Å²) in [6.07, 6.45) is 2.37. The molecule has 2 aliphatic heterocycles. The third-order valence-corrected chi connectivity index (χ3v) is 7.95. The van der Waals surface area contributed by atoms with Crippen LogP contribution in [0.2, 0.25) is 5.02 Å². The van der Waals surface area contributed by atoms with Crippen LogP contribution in [-0.2, 0) is 11.2 Å². The molecular weight excluding hydrogens is 446 g/mol. The molecular formula is C24H28ClN3O3S. The largest absolute Gasteiger partial charge is 0.496 e. The smallest absolute Gasteiger partial charge is 0.253 e. The summed E-state index contributed by atoms with van der Waals surface area (Å²) in [7, 11) is 1.66. The number of thioether (sulfide) groups is 1. The SMILES string of the molecule is COc1ccccc1CCNC(=O)C1CSC2(CCN(C(=O)c3ccc(Cl)cc3)CC2)N1. The monoisotopic (exact) mass is 473 g/mol. The zero-order valence-corrected chi connectivity index (χ0v) is 19.7. The predicted octanol–water partition coefficient (Wildman–Crippen LogP) is 3.34. The maximum absolute atomic E-state index is 12.8. The van der Waals surface area contributed by atoms with E-state index in [0.29, 0.717) is 30.2 Å². The molecule has 0 saturated carbocycles. The molecule has 2 fully saturated rings. The average molecular weight is 474 g/mol. The summed E-state index contributed by atoms with van der Waals surface area (Å²) in [5, 5.41) is 7.23. The Kier molecular flexibility index (Phi) is 7.28. The van der Waals surface area contributed by atoms with Gasteiger partial charge in [-0.05, 0) is 55.2 Å². The highest BCUT2D eigenvalue weighted by Gasteiger charge is 2.44. The van der Waals surface area contributed by atoms with Gasteiger partial charge in [-0.15, -0.1) is 11.8 Å². The Labute approximate surface area is 198 Å². The van der Waals surface area contributed by atoms with E-state index in [1.807, 2.05) is 29.2 Å². The molecule has 6 nitrogen and oxygen atoms in total. The summed E-state index contributed by atoms with van der Waals surface area (Å²) in [5.74, 6) is 1.65. The van der Waals surface area contributed by atoms with Gasteiger partial charge in [0.25, 0.3) is 5.91 Å². The van der Waals surface area contributed by atoms with Gasteiger partial charge in [0.2, 0.25) is 5.91 Å². The minimum atomic E-state index is -0.212. The first kappa shape index (κ1) is 23.0. The van der Waals surface area contributed by atoms with Crippen LogP contribution in [0.5, 0.6) is 5.75 Å². The number of piperidine rings is 1. The number of methoxy groups -OCH3 is 1. The van der Waals surface area contributed by atoms with Crippen molar-refractivity contribution in [1.82, 2.24) is 15.5 Å². The van der Waals surface area contributed by atoms with Gasteiger partial charge in [0.1, 0.15) is 5.75 Å². The Hall–Kier alpha value is -2.22. The molecule has 2 N–H and O–H groups in total. The van der Waals surface area contributed by atoms with E-state index in [0.717, 1.165) is 36.3 Å². The number of hydrogen-bond donors (Lipinski definition) is 2. The van der Waals surface area contributed by atoms with Gasteiger partial charge >= 0.3 is 0 Å². The van der Waals surface area contributed by atoms with Crippen LogP contribution in [0.1, 0.15) is 28.8 Å². The number of ether oxygens (including phenoxy) is 1. The van der Waals surface area contributed by atoms with Gasteiger partial charge in [-0.25, -0.2) is 0 Å². The fourth-order valence-corrected chi connectivity index (χ4v) is 5.82. The molecule has 2 aromatic rings. The standard InChI is InChI=1S/C24H28ClN3O3S/c1-31-21-5-3-2-4-17(21)10-13-26-22(29)20-16-32-24(27-20)11-14-28(15-12-24)23(30)18-6-8-19(25)9-7-18/h2-9,20,27H,10-16H2,1H3,(H,26,29). The molecule has 0 aliphatic carbocycles. The number of rotatable bonds is 6. The van der Waals surface area contributed by atoms with Crippen molar-refractivity contribution >= 4 is 35.2 Å². The normalized spacial score (nSPS) is 19.7. The van der Waals surface area contributed by atoms with Crippen molar-refractivity contribution in [2.45, 2.75) is 30.2 Å². The maximum Gasteiger partial charge on any atom is 0.253 e. The molecule has 2 amide bonds. The van der Waals surface area contributed by atoms with Crippen LogP contribution >= 0.6 is 23.4 Å². The van der Waals surface area contributed by atoms with E-state index in [4.69, 9.17) is 16.3 Å². The van der Waals surface area contributed by atoms with Crippen LogP contribution < -0.4 is 15.4 Å². The minimum absolute atomic E-state index is 0.0314. The number of para-hydroxylation sites is 1. The first-order chi connectivity index (χ1) is 15.5. The van der Waals surface area contributed by atoms with E-state index in [1.54, 1.807) is 43.1 Å². The van der Waals surface area contributed by atoms with Crippen molar-refractivity contribution in [1.29, 1.82) is 0 Å². The number of benzene rings is 2. The number of halogens is 1. The molecule has 2 saturated heterocycles. The Balaban J connectivity index is 1.25. The van der Waals surface area contributed by atoms with Crippen molar-refractivity contribution in [3.63, 3.8) is 0 Å². The van der Waals surface area contributed by atoms with E-state index in [9.17, 15) is 9.59 Å². The molecule has 2 aromatic carbocycles. The Morgan fingerprint density at radius 1 is 1.19 bits per heavy atom. The minimum Gasteiger partial charge on any atom is -0.496 e. The van der Waals surface area contributed by atoms with Crippen LogP contribution in [0.3, 0.4) is 0 Å². The number of likely N-dealkylation sites (tertiary alicyclic amines) is 1. The van der Waals surface area contributed by atoms with E-state index >= 15 is 0 Å². The number of hydrogen-bond acceptors (Lipinski definition) is 5. The lowest BCUT2D eigenvalue weighted by atomic mass is 10.0.